The van der Waals surface area contributed by atoms with E-state index in [0.29, 0.717) is 0 Å². The van der Waals surface area contributed by atoms with Crippen LogP contribution in [-0.4, -0.2) is 54.9 Å². The molecule has 0 unspecified atom stereocenters. The number of aryl methyl sites for hydroxylation is 3. The zero-order valence-corrected chi connectivity index (χ0v) is 17.1. The highest BCUT2D eigenvalue weighted by molar-refractivity contribution is 7.51. The lowest BCUT2D eigenvalue weighted by molar-refractivity contribution is 0.575. The molecule has 0 amide bonds. The fraction of sp³-hybridized carbons (Fsp3) is 0.368. The number of aliphatic imine (C=N–C) groups is 1. The Morgan fingerprint density at radius 3 is 1.92 bits per heavy atom. The minimum atomic E-state index is -0.666. The molecule has 0 saturated heterocycles. The van der Waals surface area contributed by atoms with Crippen molar-refractivity contribution in [3.63, 3.8) is 0 Å². The van der Waals surface area contributed by atoms with Crippen molar-refractivity contribution in [1.82, 2.24) is 14.3 Å². The molecule has 5 nitrogen and oxygen atoms in total. The van der Waals surface area contributed by atoms with E-state index in [2.05, 4.69) is 57.0 Å². The number of aromatic amines is 1. The van der Waals surface area contributed by atoms with Crippen LogP contribution in [0.1, 0.15) is 28.1 Å². The van der Waals surface area contributed by atoms with Crippen LogP contribution < -0.4 is 0 Å². The van der Waals surface area contributed by atoms with Crippen molar-refractivity contribution in [2.45, 2.75) is 20.8 Å². The minimum absolute atomic E-state index is 0.666. The Kier molecular flexibility index (Phi) is 6.65. The predicted octanol–water partition coefficient (Wildman–Crippen LogP) is 4.46. The molecule has 0 saturated carbocycles. The summed E-state index contributed by atoms with van der Waals surface area (Å²) < 4.78 is 8.93. The fourth-order valence-corrected chi connectivity index (χ4v) is 4.12. The van der Waals surface area contributed by atoms with E-state index in [9.17, 15) is 0 Å². The van der Waals surface area contributed by atoms with Gasteiger partial charge in [-0.1, -0.05) is 17.7 Å². The molecule has 1 aromatic carbocycles. The Morgan fingerprint density at radius 1 is 0.880 bits per heavy atom. The molecule has 0 bridgehead atoms. The third-order valence-corrected chi connectivity index (χ3v) is 5.47. The fourth-order valence-electron chi connectivity index (χ4n) is 2.77. The molecule has 2 aromatic rings. The van der Waals surface area contributed by atoms with Gasteiger partial charge in [-0.15, -0.1) is 0 Å². The standard InChI is InChI=1S/C19H28N5P/c1-14-10-15(2)19(16(3)11-14)20-12-17-8-9-18(22-17)13-21-25(23(4)5)24(6)7/h8-13,22H,1-7H3. The molecule has 1 heterocycles. The quantitative estimate of drug-likeness (QED) is 0.613. The Balaban J connectivity index is 2.14. The highest BCUT2D eigenvalue weighted by atomic mass is 31.1. The predicted molar refractivity (Wildman–Crippen MR) is 111 cm³/mol. The van der Waals surface area contributed by atoms with E-state index in [-0.39, 0.29) is 0 Å². The summed E-state index contributed by atoms with van der Waals surface area (Å²) in [4.78, 5) is 8.01. The summed E-state index contributed by atoms with van der Waals surface area (Å²) in [6, 6.07) is 8.38. The number of rotatable bonds is 6. The van der Waals surface area contributed by atoms with Gasteiger partial charge in [0, 0.05) is 0 Å². The molecule has 0 atom stereocenters. The topological polar surface area (TPSA) is 47.0 Å². The summed E-state index contributed by atoms with van der Waals surface area (Å²) in [6.45, 7) is 6.31. The lowest BCUT2D eigenvalue weighted by Crippen LogP contribution is -2.15. The van der Waals surface area contributed by atoms with Gasteiger partial charge in [0.25, 0.3) is 0 Å². The molecule has 1 N–H and O–H groups in total. The molecular weight excluding hydrogens is 329 g/mol. The van der Waals surface area contributed by atoms with Crippen molar-refractivity contribution in [3.05, 3.63) is 52.3 Å². The van der Waals surface area contributed by atoms with Crippen molar-refractivity contribution in [2.24, 2.45) is 9.76 Å². The maximum Gasteiger partial charge on any atom is 0.168 e. The lowest BCUT2D eigenvalue weighted by atomic mass is 10.1. The zero-order chi connectivity index (χ0) is 18.6. The molecule has 25 heavy (non-hydrogen) atoms. The second-order valence-corrected chi connectivity index (χ2v) is 8.95. The number of nitrogens with zero attached hydrogens (tertiary/aromatic N) is 4. The lowest BCUT2D eigenvalue weighted by Gasteiger charge is -2.24. The van der Waals surface area contributed by atoms with Crippen LogP contribution in [0.3, 0.4) is 0 Å². The summed E-state index contributed by atoms with van der Waals surface area (Å²) in [6.07, 6.45) is 3.77. The van der Waals surface area contributed by atoms with Crippen molar-refractivity contribution >= 4 is 26.5 Å². The van der Waals surface area contributed by atoms with Gasteiger partial charge in [0.15, 0.2) is 8.37 Å². The zero-order valence-electron chi connectivity index (χ0n) is 16.2. The van der Waals surface area contributed by atoms with Crippen molar-refractivity contribution in [2.75, 3.05) is 28.2 Å². The molecular formula is C19H28N5P. The van der Waals surface area contributed by atoms with Crippen molar-refractivity contribution in [1.29, 1.82) is 0 Å². The van der Waals surface area contributed by atoms with Crippen LogP contribution in [-0.2, 0) is 0 Å². The van der Waals surface area contributed by atoms with E-state index in [1.54, 1.807) is 0 Å². The number of nitrogens with one attached hydrogen (secondary N) is 1. The molecule has 134 valence electrons. The van der Waals surface area contributed by atoms with Gasteiger partial charge >= 0.3 is 0 Å². The SMILES string of the molecule is Cc1cc(C)c(N=Cc2ccc(C=NP(N(C)C)N(C)C)[nH]2)c(C)c1. The van der Waals surface area contributed by atoms with E-state index in [0.717, 1.165) is 17.1 Å². The van der Waals surface area contributed by atoms with E-state index < -0.39 is 8.37 Å². The molecule has 0 fully saturated rings. The first-order chi connectivity index (χ1) is 11.8. The summed E-state index contributed by atoms with van der Waals surface area (Å²) in [7, 11) is 7.51. The smallest absolute Gasteiger partial charge is 0.168 e. The Bertz CT molecular complexity index is 743. The van der Waals surface area contributed by atoms with Crippen LogP contribution in [0, 0.1) is 20.8 Å². The van der Waals surface area contributed by atoms with Gasteiger partial charge in [-0.25, -0.2) is 4.76 Å². The summed E-state index contributed by atoms with van der Waals surface area (Å²) >= 11 is 0. The molecule has 0 aliphatic heterocycles. The Hall–Kier alpha value is -1.81. The molecule has 2 rings (SSSR count). The van der Waals surface area contributed by atoms with E-state index in [1.165, 1.54) is 16.7 Å². The number of hydrogen-bond donors (Lipinski definition) is 1. The first kappa shape index (κ1) is 19.5. The van der Waals surface area contributed by atoms with Gasteiger partial charge in [-0.3, -0.25) is 14.3 Å². The summed E-state index contributed by atoms with van der Waals surface area (Å²) in [5.41, 5.74) is 6.66. The van der Waals surface area contributed by atoms with Crippen LogP contribution in [0.15, 0.2) is 34.0 Å². The maximum atomic E-state index is 4.68. The van der Waals surface area contributed by atoms with Crippen molar-refractivity contribution < 1.29 is 0 Å². The number of benzene rings is 1. The third kappa shape index (κ3) is 5.33. The van der Waals surface area contributed by atoms with Gasteiger partial charge < -0.3 is 4.98 Å². The molecule has 0 aliphatic carbocycles. The molecule has 0 radical (unpaired) electrons. The first-order valence-electron chi connectivity index (χ1n) is 8.27. The highest BCUT2D eigenvalue weighted by Gasteiger charge is 2.11. The van der Waals surface area contributed by atoms with Crippen LogP contribution in [0.25, 0.3) is 0 Å². The summed E-state index contributed by atoms with van der Waals surface area (Å²) in [5, 5.41) is 0. The van der Waals surface area contributed by atoms with Gasteiger partial charge in [0.05, 0.1) is 29.5 Å². The van der Waals surface area contributed by atoms with Crippen LogP contribution in [0.5, 0.6) is 0 Å². The van der Waals surface area contributed by atoms with E-state index in [1.807, 2.05) is 52.8 Å². The monoisotopic (exact) mass is 357 g/mol. The van der Waals surface area contributed by atoms with Crippen LogP contribution in [0.4, 0.5) is 5.69 Å². The third-order valence-electron chi connectivity index (χ3n) is 3.71. The van der Waals surface area contributed by atoms with E-state index >= 15 is 0 Å². The summed E-state index contributed by atoms with van der Waals surface area (Å²) in [5.74, 6) is 0. The second-order valence-electron chi connectivity index (χ2n) is 6.58. The van der Waals surface area contributed by atoms with Gasteiger partial charge in [-0.2, -0.15) is 0 Å². The van der Waals surface area contributed by atoms with Gasteiger partial charge in [-0.05, 0) is 72.2 Å². The van der Waals surface area contributed by atoms with Crippen LogP contribution in [0.2, 0.25) is 0 Å². The number of aromatic nitrogens is 1. The average molecular weight is 357 g/mol. The minimum Gasteiger partial charge on any atom is -0.353 e. The van der Waals surface area contributed by atoms with Gasteiger partial charge in [0.1, 0.15) is 0 Å². The average Bonchev–Trinajstić information content (AvgIpc) is 2.93. The van der Waals surface area contributed by atoms with Gasteiger partial charge in [0.2, 0.25) is 0 Å². The normalized spacial score (nSPS) is 12.6. The first-order valence-corrected chi connectivity index (χ1v) is 9.47. The van der Waals surface area contributed by atoms with Crippen molar-refractivity contribution in [3.8, 4) is 0 Å². The largest absolute Gasteiger partial charge is 0.353 e. The molecule has 0 aliphatic rings. The van der Waals surface area contributed by atoms with E-state index in [4.69, 9.17) is 0 Å². The number of H-pyrrole nitrogens is 1. The Labute approximate surface area is 152 Å². The van der Waals surface area contributed by atoms with Crippen LogP contribution >= 0.6 is 8.37 Å². The Morgan fingerprint density at radius 2 is 1.40 bits per heavy atom. The highest BCUT2D eigenvalue weighted by Crippen LogP contribution is 2.40. The molecule has 0 spiro atoms. The number of hydrogen-bond acceptors (Lipinski definition) is 4. The second kappa shape index (κ2) is 8.52. The maximum absolute atomic E-state index is 4.68. The molecule has 1 aromatic heterocycles. The molecule has 6 heteroatoms.